The lowest BCUT2D eigenvalue weighted by atomic mass is 9.93. The standard InChI is InChI=1S/C17H28N2/c1-4-18-16-11-13-19(14-16)17(2,3)12-10-15-8-6-5-7-9-15/h5-9,16,18H,4,10-14H2,1-3H3. The van der Waals surface area contributed by atoms with Crippen molar-refractivity contribution in [3.05, 3.63) is 35.9 Å². The average Bonchev–Trinajstić information content (AvgIpc) is 2.88. The van der Waals surface area contributed by atoms with E-state index in [1.54, 1.807) is 0 Å². The number of nitrogens with zero attached hydrogens (tertiary/aromatic N) is 1. The van der Waals surface area contributed by atoms with Crippen LogP contribution in [0.1, 0.15) is 39.2 Å². The summed E-state index contributed by atoms with van der Waals surface area (Å²) in [4.78, 5) is 2.66. The number of benzene rings is 1. The van der Waals surface area contributed by atoms with Crippen LogP contribution >= 0.6 is 0 Å². The fourth-order valence-electron chi connectivity index (χ4n) is 3.02. The maximum atomic E-state index is 3.58. The largest absolute Gasteiger partial charge is 0.313 e. The van der Waals surface area contributed by atoms with Gasteiger partial charge in [-0.25, -0.2) is 0 Å². The van der Waals surface area contributed by atoms with Gasteiger partial charge in [0.05, 0.1) is 0 Å². The van der Waals surface area contributed by atoms with Gasteiger partial charge in [-0.15, -0.1) is 0 Å². The topological polar surface area (TPSA) is 15.3 Å². The number of likely N-dealkylation sites (tertiary alicyclic amines) is 1. The minimum Gasteiger partial charge on any atom is -0.313 e. The average molecular weight is 260 g/mol. The van der Waals surface area contributed by atoms with Crippen LogP contribution in [0.5, 0.6) is 0 Å². The molecule has 1 aliphatic rings. The lowest BCUT2D eigenvalue weighted by Gasteiger charge is -2.36. The van der Waals surface area contributed by atoms with Crippen molar-refractivity contribution < 1.29 is 0 Å². The van der Waals surface area contributed by atoms with Crippen molar-refractivity contribution in [3.8, 4) is 0 Å². The molecule has 106 valence electrons. The van der Waals surface area contributed by atoms with E-state index in [1.807, 2.05) is 0 Å². The molecule has 1 N–H and O–H groups in total. The van der Waals surface area contributed by atoms with E-state index in [0.29, 0.717) is 11.6 Å². The molecule has 0 saturated carbocycles. The van der Waals surface area contributed by atoms with Crippen LogP contribution in [0.15, 0.2) is 30.3 Å². The van der Waals surface area contributed by atoms with Crippen molar-refractivity contribution in [2.24, 2.45) is 0 Å². The molecule has 0 aromatic heterocycles. The monoisotopic (exact) mass is 260 g/mol. The van der Waals surface area contributed by atoms with Gasteiger partial charge in [-0.1, -0.05) is 37.3 Å². The fraction of sp³-hybridized carbons (Fsp3) is 0.647. The first-order valence-electron chi connectivity index (χ1n) is 7.64. The van der Waals surface area contributed by atoms with Crippen molar-refractivity contribution in [3.63, 3.8) is 0 Å². The Labute approximate surface area is 118 Å². The molecule has 1 aromatic rings. The molecule has 1 atom stereocenters. The Balaban J connectivity index is 1.85. The predicted octanol–water partition coefficient (Wildman–Crippen LogP) is 3.08. The van der Waals surface area contributed by atoms with E-state index in [0.717, 1.165) is 6.54 Å². The summed E-state index contributed by atoms with van der Waals surface area (Å²) in [5.41, 5.74) is 1.76. The Morgan fingerprint density at radius 3 is 2.68 bits per heavy atom. The van der Waals surface area contributed by atoms with E-state index in [1.165, 1.54) is 37.9 Å². The van der Waals surface area contributed by atoms with Gasteiger partial charge in [0.15, 0.2) is 0 Å². The lowest BCUT2D eigenvalue weighted by molar-refractivity contribution is 0.141. The molecule has 0 radical (unpaired) electrons. The quantitative estimate of drug-likeness (QED) is 0.845. The highest BCUT2D eigenvalue weighted by molar-refractivity contribution is 5.15. The smallest absolute Gasteiger partial charge is 0.0207 e. The van der Waals surface area contributed by atoms with Crippen LogP contribution in [0.25, 0.3) is 0 Å². The Bertz CT molecular complexity index is 372. The summed E-state index contributed by atoms with van der Waals surface area (Å²) < 4.78 is 0. The Morgan fingerprint density at radius 1 is 1.26 bits per heavy atom. The molecule has 2 rings (SSSR count). The van der Waals surface area contributed by atoms with Gasteiger partial charge in [-0.2, -0.15) is 0 Å². The van der Waals surface area contributed by atoms with E-state index in [9.17, 15) is 0 Å². The van der Waals surface area contributed by atoms with Gasteiger partial charge < -0.3 is 5.32 Å². The molecule has 1 saturated heterocycles. The van der Waals surface area contributed by atoms with Crippen LogP contribution in [-0.4, -0.2) is 36.1 Å². The molecule has 1 aromatic carbocycles. The van der Waals surface area contributed by atoms with Gasteiger partial charge in [0.2, 0.25) is 0 Å². The van der Waals surface area contributed by atoms with E-state index >= 15 is 0 Å². The van der Waals surface area contributed by atoms with Gasteiger partial charge >= 0.3 is 0 Å². The Hall–Kier alpha value is -0.860. The van der Waals surface area contributed by atoms with Crippen LogP contribution < -0.4 is 5.32 Å². The highest BCUT2D eigenvalue weighted by atomic mass is 15.2. The number of hydrogen-bond acceptors (Lipinski definition) is 2. The second-order valence-corrected chi connectivity index (χ2v) is 6.29. The molecule has 0 aliphatic carbocycles. The van der Waals surface area contributed by atoms with Crippen molar-refractivity contribution in [1.82, 2.24) is 10.2 Å². The maximum absolute atomic E-state index is 3.58. The summed E-state index contributed by atoms with van der Waals surface area (Å²) in [6.45, 7) is 10.5. The summed E-state index contributed by atoms with van der Waals surface area (Å²) in [6.07, 6.45) is 3.70. The zero-order valence-electron chi connectivity index (χ0n) is 12.7. The second-order valence-electron chi connectivity index (χ2n) is 6.29. The minimum absolute atomic E-state index is 0.306. The first-order chi connectivity index (χ1) is 9.12. The molecule has 0 spiro atoms. The number of hydrogen-bond donors (Lipinski definition) is 1. The van der Waals surface area contributed by atoms with E-state index in [-0.39, 0.29) is 0 Å². The van der Waals surface area contributed by atoms with Gasteiger partial charge in [0.25, 0.3) is 0 Å². The molecule has 1 fully saturated rings. The number of rotatable bonds is 6. The van der Waals surface area contributed by atoms with E-state index in [4.69, 9.17) is 0 Å². The van der Waals surface area contributed by atoms with Gasteiger partial charge in [0, 0.05) is 24.7 Å². The number of likely N-dealkylation sites (N-methyl/N-ethyl adjacent to an activating group) is 1. The molecular formula is C17H28N2. The number of aryl methyl sites for hydroxylation is 1. The molecule has 2 heteroatoms. The molecule has 1 unspecified atom stereocenters. The molecule has 1 aliphatic heterocycles. The second kappa shape index (κ2) is 6.53. The van der Waals surface area contributed by atoms with Gasteiger partial charge in [-0.3, -0.25) is 4.90 Å². The zero-order chi connectivity index (χ0) is 13.7. The molecule has 1 heterocycles. The molecular weight excluding hydrogens is 232 g/mol. The highest BCUT2D eigenvalue weighted by Gasteiger charge is 2.32. The maximum Gasteiger partial charge on any atom is 0.0207 e. The fourth-order valence-corrected chi connectivity index (χ4v) is 3.02. The summed E-state index contributed by atoms with van der Waals surface area (Å²) in [5.74, 6) is 0. The summed E-state index contributed by atoms with van der Waals surface area (Å²) in [5, 5.41) is 3.58. The van der Waals surface area contributed by atoms with Gasteiger partial charge in [0.1, 0.15) is 0 Å². The third kappa shape index (κ3) is 4.05. The van der Waals surface area contributed by atoms with Crippen molar-refractivity contribution in [1.29, 1.82) is 0 Å². The van der Waals surface area contributed by atoms with Gasteiger partial charge in [-0.05, 0) is 45.2 Å². The third-order valence-electron chi connectivity index (χ3n) is 4.41. The van der Waals surface area contributed by atoms with Crippen molar-refractivity contribution in [2.45, 2.75) is 51.6 Å². The Kier molecular flexibility index (Phi) is 5.00. The van der Waals surface area contributed by atoms with E-state index < -0.39 is 0 Å². The number of nitrogens with one attached hydrogen (secondary N) is 1. The van der Waals surface area contributed by atoms with Crippen LogP contribution in [0.2, 0.25) is 0 Å². The predicted molar refractivity (Wildman–Crippen MR) is 82.5 cm³/mol. The molecule has 0 amide bonds. The molecule has 2 nitrogen and oxygen atoms in total. The van der Waals surface area contributed by atoms with Crippen LogP contribution in [-0.2, 0) is 6.42 Å². The van der Waals surface area contributed by atoms with E-state index in [2.05, 4.69) is 61.3 Å². The van der Waals surface area contributed by atoms with Crippen LogP contribution in [0.4, 0.5) is 0 Å². The minimum atomic E-state index is 0.306. The van der Waals surface area contributed by atoms with Crippen molar-refractivity contribution in [2.75, 3.05) is 19.6 Å². The lowest BCUT2D eigenvalue weighted by Crippen LogP contribution is -2.44. The Morgan fingerprint density at radius 2 is 2.00 bits per heavy atom. The zero-order valence-corrected chi connectivity index (χ0v) is 12.7. The molecule has 19 heavy (non-hydrogen) atoms. The van der Waals surface area contributed by atoms with Crippen LogP contribution in [0, 0.1) is 0 Å². The first kappa shape index (κ1) is 14.5. The van der Waals surface area contributed by atoms with Crippen LogP contribution in [0.3, 0.4) is 0 Å². The molecule has 0 bridgehead atoms. The summed E-state index contributed by atoms with van der Waals surface area (Å²) in [6, 6.07) is 11.5. The SMILES string of the molecule is CCNC1CCN(C(C)(C)CCc2ccccc2)C1. The normalized spacial score (nSPS) is 20.9. The summed E-state index contributed by atoms with van der Waals surface area (Å²) in [7, 11) is 0. The summed E-state index contributed by atoms with van der Waals surface area (Å²) >= 11 is 0. The van der Waals surface area contributed by atoms with Crippen molar-refractivity contribution >= 4 is 0 Å². The third-order valence-corrected chi connectivity index (χ3v) is 4.41. The highest BCUT2D eigenvalue weighted by Crippen LogP contribution is 2.25. The first-order valence-corrected chi connectivity index (χ1v) is 7.64.